The number of aromatic nitrogens is 3. The standard InChI is InChI=1S/C25H21BrCl2N4O4S/c1-15-29-30-25(32(15)19-6-8-20(35-2)9-7-19)37-24(13-31(33)34)16-4-10-23(21(26)11-16)36-14-17-3-5-18(27)12-22(17)28/h3-12,24H,13-14H2,1-2H3/t24-/m1/s1. The Kier molecular flexibility index (Phi) is 8.96. The Balaban J connectivity index is 1.57. The van der Waals surface area contributed by atoms with E-state index in [-0.39, 0.29) is 18.1 Å². The van der Waals surface area contributed by atoms with E-state index in [1.54, 1.807) is 31.4 Å². The zero-order valence-electron chi connectivity index (χ0n) is 19.7. The molecule has 1 aromatic heterocycles. The summed E-state index contributed by atoms with van der Waals surface area (Å²) in [5.74, 6) is 1.97. The quantitative estimate of drug-likeness (QED) is 0.104. The number of methoxy groups -OCH3 is 1. The van der Waals surface area contributed by atoms with Gasteiger partial charge in [0.05, 0.1) is 11.6 Å². The lowest BCUT2D eigenvalue weighted by Crippen LogP contribution is -2.11. The molecular weight excluding hydrogens is 603 g/mol. The molecule has 1 atom stereocenters. The van der Waals surface area contributed by atoms with Crippen LogP contribution >= 0.6 is 50.9 Å². The Morgan fingerprint density at radius 1 is 1.11 bits per heavy atom. The molecule has 0 saturated carbocycles. The van der Waals surface area contributed by atoms with Crippen LogP contribution in [-0.2, 0) is 6.61 Å². The molecule has 4 aromatic rings. The van der Waals surface area contributed by atoms with Crippen molar-refractivity contribution in [3.63, 3.8) is 0 Å². The zero-order chi connectivity index (χ0) is 26.5. The highest BCUT2D eigenvalue weighted by molar-refractivity contribution is 9.10. The van der Waals surface area contributed by atoms with E-state index in [1.807, 2.05) is 47.9 Å². The molecular formula is C25H21BrCl2N4O4S. The van der Waals surface area contributed by atoms with Crippen LogP contribution in [0, 0.1) is 17.0 Å². The van der Waals surface area contributed by atoms with Crippen molar-refractivity contribution in [1.29, 1.82) is 0 Å². The second kappa shape index (κ2) is 12.2. The fourth-order valence-corrected chi connectivity index (χ4v) is 5.69. The van der Waals surface area contributed by atoms with Gasteiger partial charge in [-0.1, -0.05) is 47.1 Å². The number of nitro groups is 1. The van der Waals surface area contributed by atoms with E-state index < -0.39 is 5.25 Å². The SMILES string of the molecule is COc1ccc(-n2c(C)nnc2S[C@H](C[N+](=O)[O-])c2ccc(OCc3ccc(Cl)cc3Cl)c(Br)c2)cc1. The summed E-state index contributed by atoms with van der Waals surface area (Å²) in [5, 5.41) is 21.1. The van der Waals surface area contributed by atoms with Crippen LogP contribution < -0.4 is 9.47 Å². The monoisotopic (exact) mass is 622 g/mol. The first kappa shape index (κ1) is 27.3. The van der Waals surface area contributed by atoms with Crippen LogP contribution in [0.15, 0.2) is 70.3 Å². The minimum absolute atomic E-state index is 0.241. The summed E-state index contributed by atoms with van der Waals surface area (Å²) < 4.78 is 13.7. The van der Waals surface area contributed by atoms with Crippen molar-refractivity contribution in [3.05, 3.63) is 102 Å². The Bertz CT molecular complexity index is 1420. The highest BCUT2D eigenvalue weighted by atomic mass is 79.9. The molecule has 0 saturated heterocycles. The summed E-state index contributed by atoms with van der Waals surface area (Å²) in [6.45, 7) is 1.77. The molecule has 12 heteroatoms. The zero-order valence-corrected chi connectivity index (χ0v) is 23.6. The Morgan fingerprint density at radius 3 is 2.51 bits per heavy atom. The third-order valence-corrected chi connectivity index (χ3v) is 7.80. The first-order valence-electron chi connectivity index (χ1n) is 11.0. The van der Waals surface area contributed by atoms with Crippen molar-refractivity contribution >= 4 is 50.9 Å². The van der Waals surface area contributed by atoms with Crippen molar-refractivity contribution in [2.45, 2.75) is 23.9 Å². The molecule has 4 rings (SSSR count). The van der Waals surface area contributed by atoms with Crippen LogP contribution in [-0.4, -0.2) is 33.3 Å². The second-order valence-electron chi connectivity index (χ2n) is 7.90. The van der Waals surface area contributed by atoms with Gasteiger partial charge in [-0.2, -0.15) is 0 Å². The molecule has 3 aromatic carbocycles. The fraction of sp³-hybridized carbons (Fsp3) is 0.200. The summed E-state index contributed by atoms with van der Waals surface area (Å²) >= 11 is 17.0. The van der Waals surface area contributed by atoms with Crippen LogP contribution in [0.1, 0.15) is 22.2 Å². The van der Waals surface area contributed by atoms with E-state index >= 15 is 0 Å². The van der Waals surface area contributed by atoms with E-state index in [2.05, 4.69) is 26.1 Å². The summed E-state index contributed by atoms with van der Waals surface area (Å²) in [5.41, 5.74) is 2.36. The first-order chi connectivity index (χ1) is 17.7. The largest absolute Gasteiger partial charge is 0.497 e. The van der Waals surface area contributed by atoms with Gasteiger partial charge in [-0.05, 0) is 76.9 Å². The summed E-state index contributed by atoms with van der Waals surface area (Å²) in [7, 11) is 1.60. The van der Waals surface area contributed by atoms with Crippen molar-refractivity contribution in [2.24, 2.45) is 0 Å². The third-order valence-electron chi connectivity index (χ3n) is 5.41. The van der Waals surface area contributed by atoms with Gasteiger partial charge in [0, 0.05) is 26.2 Å². The number of rotatable bonds is 10. The fourth-order valence-electron chi connectivity index (χ4n) is 3.55. The number of halogens is 3. The normalized spacial score (nSPS) is 11.8. The predicted octanol–water partition coefficient (Wildman–Crippen LogP) is 7.34. The molecule has 0 fully saturated rings. The molecule has 0 aliphatic carbocycles. The molecule has 0 bridgehead atoms. The molecule has 0 unspecified atom stereocenters. The maximum Gasteiger partial charge on any atom is 0.220 e. The topological polar surface area (TPSA) is 92.3 Å². The summed E-state index contributed by atoms with van der Waals surface area (Å²) in [4.78, 5) is 11.2. The molecule has 37 heavy (non-hydrogen) atoms. The lowest BCUT2D eigenvalue weighted by molar-refractivity contribution is -0.479. The van der Waals surface area contributed by atoms with Gasteiger partial charge in [0.2, 0.25) is 6.54 Å². The highest BCUT2D eigenvalue weighted by Gasteiger charge is 2.24. The lowest BCUT2D eigenvalue weighted by atomic mass is 10.1. The third kappa shape index (κ3) is 6.75. The van der Waals surface area contributed by atoms with E-state index in [1.165, 1.54) is 11.8 Å². The Hall–Kier alpha value is -2.79. The smallest absolute Gasteiger partial charge is 0.220 e. The molecule has 0 aliphatic rings. The number of nitrogens with zero attached hydrogens (tertiary/aromatic N) is 4. The Labute approximate surface area is 236 Å². The van der Waals surface area contributed by atoms with Crippen LogP contribution in [0.4, 0.5) is 0 Å². The number of hydrogen-bond donors (Lipinski definition) is 0. The number of benzene rings is 3. The Morgan fingerprint density at radius 2 is 1.86 bits per heavy atom. The number of ether oxygens (including phenoxy) is 2. The van der Waals surface area contributed by atoms with Crippen molar-refractivity contribution < 1.29 is 14.4 Å². The molecule has 0 radical (unpaired) electrons. The average molecular weight is 624 g/mol. The molecule has 0 N–H and O–H groups in total. The summed E-state index contributed by atoms with van der Waals surface area (Å²) in [6.07, 6.45) is 0. The van der Waals surface area contributed by atoms with Crippen LogP contribution in [0.2, 0.25) is 10.0 Å². The van der Waals surface area contributed by atoms with Gasteiger partial charge in [0.25, 0.3) is 0 Å². The van der Waals surface area contributed by atoms with Gasteiger partial charge in [-0.15, -0.1) is 10.2 Å². The number of hydrogen-bond acceptors (Lipinski definition) is 7. The van der Waals surface area contributed by atoms with Gasteiger partial charge < -0.3 is 9.47 Å². The van der Waals surface area contributed by atoms with Gasteiger partial charge in [0.1, 0.15) is 29.2 Å². The van der Waals surface area contributed by atoms with E-state index in [0.717, 1.165) is 22.6 Å². The van der Waals surface area contributed by atoms with Gasteiger partial charge in [0.15, 0.2) is 5.16 Å². The number of aryl methyl sites for hydroxylation is 1. The van der Waals surface area contributed by atoms with Gasteiger partial charge >= 0.3 is 0 Å². The van der Waals surface area contributed by atoms with E-state index in [9.17, 15) is 10.1 Å². The van der Waals surface area contributed by atoms with Crippen LogP contribution in [0.3, 0.4) is 0 Å². The lowest BCUT2D eigenvalue weighted by Gasteiger charge is -2.16. The van der Waals surface area contributed by atoms with Crippen molar-refractivity contribution in [3.8, 4) is 17.2 Å². The van der Waals surface area contributed by atoms with Crippen LogP contribution in [0.5, 0.6) is 11.5 Å². The van der Waals surface area contributed by atoms with Crippen molar-refractivity contribution in [2.75, 3.05) is 13.7 Å². The predicted molar refractivity (Wildman–Crippen MR) is 148 cm³/mol. The molecule has 0 spiro atoms. The maximum absolute atomic E-state index is 11.5. The van der Waals surface area contributed by atoms with Crippen LogP contribution in [0.25, 0.3) is 5.69 Å². The molecule has 192 valence electrons. The maximum atomic E-state index is 11.5. The molecule has 8 nitrogen and oxygen atoms in total. The van der Waals surface area contributed by atoms with E-state index in [4.69, 9.17) is 32.7 Å². The first-order valence-corrected chi connectivity index (χ1v) is 13.4. The average Bonchev–Trinajstić information content (AvgIpc) is 3.23. The highest BCUT2D eigenvalue weighted by Crippen LogP contribution is 2.39. The minimum atomic E-state index is -0.522. The molecule has 1 heterocycles. The molecule has 0 aliphatic heterocycles. The van der Waals surface area contributed by atoms with Gasteiger partial charge in [-0.3, -0.25) is 14.7 Å². The summed E-state index contributed by atoms with van der Waals surface area (Å²) in [6, 6.07) is 18.1. The van der Waals surface area contributed by atoms with Crippen molar-refractivity contribution in [1.82, 2.24) is 14.8 Å². The number of thioether (sulfide) groups is 1. The van der Waals surface area contributed by atoms with Gasteiger partial charge in [-0.25, -0.2) is 0 Å². The second-order valence-corrected chi connectivity index (χ2v) is 10.8. The molecule has 0 amide bonds. The van der Waals surface area contributed by atoms with E-state index in [0.29, 0.717) is 31.2 Å². The minimum Gasteiger partial charge on any atom is -0.497 e.